The highest BCUT2D eigenvalue weighted by atomic mass is 19.1. The Balaban J connectivity index is 2.33. The Kier molecular flexibility index (Phi) is 2.92. The van der Waals surface area contributed by atoms with Crippen LogP contribution in [0.3, 0.4) is 0 Å². The van der Waals surface area contributed by atoms with E-state index in [0.717, 1.165) is 0 Å². The molecule has 3 nitrogen and oxygen atoms in total. The lowest BCUT2D eigenvalue weighted by atomic mass is 9.89. The fourth-order valence-electron chi connectivity index (χ4n) is 2.34. The van der Waals surface area contributed by atoms with E-state index >= 15 is 0 Å². The number of aliphatic carboxylic acids is 1. The fourth-order valence-corrected chi connectivity index (χ4v) is 2.34. The molecule has 0 aromatic heterocycles. The van der Waals surface area contributed by atoms with Crippen molar-refractivity contribution in [2.75, 3.05) is 20.1 Å². The second kappa shape index (κ2) is 4.22. The molecule has 1 N–H and O–H groups in total. The van der Waals surface area contributed by atoms with Gasteiger partial charge in [0.1, 0.15) is 5.82 Å². The quantitative estimate of drug-likeness (QED) is 0.827. The number of likely N-dealkylation sites (tertiary alicyclic amines) is 1. The Bertz CT molecular complexity index is 408. The zero-order valence-corrected chi connectivity index (χ0v) is 9.06. The highest BCUT2D eigenvalue weighted by Crippen LogP contribution is 2.33. The van der Waals surface area contributed by atoms with Gasteiger partial charge in [0.15, 0.2) is 0 Å². The molecule has 4 heteroatoms. The van der Waals surface area contributed by atoms with Crippen molar-refractivity contribution in [3.8, 4) is 0 Å². The van der Waals surface area contributed by atoms with Gasteiger partial charge in [0.2, 0.25) is 0 Å². The first-order valence-corrected chi connectivity index (χ1v) is 5.25. The molecule has 1 fully saturated rings. The highest BCUT2D eigenvalue weighted by molar-refractivity contribution is 5.72. The number of benzene rings is 1. The van der Waals surface area contributed by atoms with Crippen LogP contribution in [-0.2, 0) is 4.79 Å². The molecule has 0 amide bonds. The molecule has 0 spiro atoms. The van der Waals surface area contributed by atoms with Gasteiger partial charge in [0.05, 0.1) is 5.92 Å². The molecule has 1 aromatic rings. The molecule has 1 aliphatic rings. The van der Waals surface area contributed by atoms with Crippen LogP contribution in [0.1, 0.15) is 11.5 Å². The van der Waals surface area contributed by atoms with Gasteiger partial charge in [-0.2, -0.15) is 0 Å². The van der Waals surface area contributed by atoms with Gasteiger partial charge in [-0.25, -0.2) is 4.39 Å². The Morgan fingerprint density at radius 3 is 2.75 bits per heavy atom. The predicted octanol–water partition coefficient (Wildman–Crippen LogP) is 1.56. The topological polar surface area (TPSA) is 40.5 Å². The Morgan fingerprint density at radius 2 is 2.12 bits per heavy atom. The second-order valence-corrected chi connectivity index (χ2v) is 4.29. The van der Waals surface area contributed by atoms with E-state index in [1.807, 2.05) is 11.9 Å². The molecule has 16 heavy (non-hydrogen) atoms. The molecule has 2 rings (SSSR count). The number of rotatable bonds is 2. The van der Waals surface area contributed by atoms with Crippen LogP contribution in [0.5, 0.6) is 0 Å². The van der Waals surface area contributed by atoms with Crippen molar-refractivity contribution in [3.63, 3.8) is 0 Å². The largest absolute Gasteiger partial charge is 0.481 e. The predicted molar refractivity (Wildman–Crippen MR) is 57.8 cm³/mol. The van der Waals surface area contributed by atoms with Crippen molar-refractivity contribution in [2.24, 2.45) is 5.92 Å². The summed E-state index contributed by atoms with van der Waals surface area (Å²) in [7, 11) is 1.86. The van der Waals surface area contributed by atoms with Gasteiger partial charge < -0.3 is 10.0 Å². The maximum absolute atomic E-state index is 13.6. The average molecular weight is 223 g/mol. The van der Waals surface area contributed by atoms with Crippen molar-refractivity contribution in [2.45, 2.75) is 5.92 Å². The number of nitrogens with zero attached hydrogens (tertiary/aromatic N) is 1. The van der Waals surface area contributed by atoms with Crippen LogP contribution in [-0.4, -0.2) is 36.1 Å². The molecule has 1 saturated heterocycles. The third kappa shape index (κ3) is 1.93. The highest BCUT2D eigenvalue weighted by Gasteiger charge is 2.37. The number of hydrogen-bond donors (Lipinski definition) is 1. The minimum atomic E-state index is -0.849. The number of likely N-dealkylation sites (N-methyl/N-ethyl adjacent to an activating group) is 1. The van der Waals surface area contributed by atoms with E-state index < -0.39 is 11.9 Å². The maximum Gasteiger partial charge on any atom is 0.308 e. The normalized spacial score (nSPS) is 25.9. The summed E-state index contributed by atoms with van der Waals surface area (Å²) in [6.45, 7) is 1.08. The van der Waals surface area contributed by atoms with Gasteiger partial charge in [-0.3, -0.25) is 4.79 Å². The molecule has 1 aliphatic heterocycles. The van der Waals surface area contributed by atoms with E-state index in [2.05, 4.69) is 0 Å². The van der Waals surface area contributed by atoms with E-state index in [9.17, 15) is 9.18 Å². The van der Waals surface area contributed by atoms with Crippen LogP contribution in [0, 0.1) is 11.7 Å². The molecule has 1 heterocycles. The van der Waals surface area contributed by atoms with E-state index in [4.69, 9.17) is 5.11 Å². The molecular formula is C12H14FNO2. The minimum absolute atomic E-state index is 0.247. The number of hydrogen-bond acceptors (Lipinski definition) is 2. The summed E-state index contributed by atoms with van der Waals surface area (Å²) in [5.74, 6) is -1.92. The van der Waals surface area contributed by atoms with Crippen LogP contribution < -0.4 is 0 Å². The lowest BCUT2D eigenvalue weighted by Crippen LogP contribution is -2.21. The van der Waals surface area contributed by atoms with Crippen LogP contribution in [0.4, 0.5) is 4.39 Å². The summed E-state index contributed by atoms with van der Waals surface area (Å²) in [6.07, 6.45) is 0. The number of carbonyl (C=O) groups is 1. The second-order valence-electron chi connectivity index (χ2n) is 4.29. The Morgan fingerprint density at radius 1 is 1.44 bits per heavy atom. The average Bonchev–Trinajstić information content (AvgIpc) is 2.61. The monoisotopic (exact) mass is 223 g/mol. The Hall–Kier alpha value is -1.42. The van der Waals surface area contributed by atoms with E-state index in [1.54, 1.807) is 18.2 Å². The standard InChI is InChI=1S/C12H14FNO2/c1-14-6-9(10(7-14)12(15)16)8-4-2-3-5-11(8)13/h2-5,9-10H,6-7H2,1H3,(H,15,16)/t9-,10+/m0/s1. The molecule has 0 aliphatic carbocycles. The molecule has 0 saturated carbocycles. The van der Waals surface area contributed by atoms with Gasteiger partial charge in [-0.05, 0) is 18.7 Å². The summed E-state index contributed by atoms with van der Waals surface area (Å²) in [6, 6.07) is 6.42. The minimum Gasteiger partial charge on any atom is -0.481 e. The lowest BCUT2D eigenvalue weighted by molar-refractivity contribution is -0.141. The smallest absolute Gasteiger partial charge is 0.308 e. The van der Waals surface area contributed by atoms with Gasteiger partial charge in [0.25, 0.3) is 0 Å². The van der Waals surface area contributed by atoms with Crippen molar-refractivity contribution in [3.05, 3.63) is 35.6 Å². The Labute approximate surface area is 93.5 Å². The van der Waals surface area contributed by atoms with Crippen molar-refractivity contribution < 1.29 is 14.3 Å². The molecule has 1 aromatic carbocycles. The fraction of sp³-hybridized carbons (Fsp3) is 0.417. The van der Waals surface area contributed by atoms with Crippen LogP contribution in [0.15, 0.2) is 24.3 Å². The molecule has 86 valence electrons. The molecular weight excluding hydrogens is 209 g/mol. The van der Waals surface area contributed by atoms with Crippen molar-refractivity contribution in [1.29, 1.82) is 0 Å². The molecule has 0 unspecified atom stereocenters. The summed E-state index contributed by atoms with van der Waals surface area (Å²) in [5, 5.41) is 9.10. The number of halogens is 1. The van der Waals surface area contributed by atoms with E-state index in [-0.39, 0.29) is 11.7 Å². The van der Waals surface area contributed by atoms with Crippen molar-refractivity contribution in [1.82, 2.24) is 4.90 Å². The number of carboxylic acid groups (broad SMARTS) is 1. The van der Waals surface area contributed by atoms with Crippen LogP contribution in [0.25, 0.3) is 0 Å². The van der Waals surface area contributed by atoms with Gasteiger partial charge in [-0.1, -0.05) is 18.2 Å². The molecule has 0 radical (unpaired) electrons. The van der Waals surface area contributed by atoms with E-state index in [0.29, 0.717) is 18.7 Å². The first kappa shape index (κ1) is 11.1. The number of carboxylic acids is 1. The third-order valence-electron chi connectivity index (χ3n) is 3.12. The van der Waals surface area contributed by atoms with Crippen molar-refractivity contribution >= 4 is 5.97 Å². The first-order chi connectivity index (χ1) is 7.59. The summed E-state index contributed by atoms with van der Waals surface area (Å²) in [5.41, 5.74) is 0.513. The first-order valence-electron chi connectivity index (χ1n) is 5.25. The van der Waals surface area contributed by atoms with Crippen LogP contribution in [0.2, 0.25) is 0 Å². The summed E-state index contributed by atoms with van der Waals surface area (Å²) < 4.78 is 13.6. The van der Waals surface area contributed by atoms with Gasteiger partial charge in [-0.15, -0.1) is 0 Å². The SMILES string of the molecule is CN1C[C@@H](C(=O)O)[C@H](c2ccccc2F)C1. The maximum atomic E-state index is 13.6. The van der Waals surface area contributed by atoms with Gasteiger partial charge in [0, 0.05) is 19.0 Å². The van der Waals surface area contributed by atoms with E-state index in [1.165, 1.54) is 6.07 Å². The third-order valence-corrected chi connectivity index (χ3v) is 3.12. The lowest BCUT2D eigenvalue weighted by Gasteiger charge is -2.15. The summed E-state index contributed by atoms with van der Waals surface area (Å²) >= 11 is 0. The zero-order chi connectivity index (χ0) is 11.7. The molecule has 0 bridgehead atoms. The zero-order valence-electron chi connectivity index (χ0n) is 9.06. The van der Waals surface area contributed by atoms with Crippen LogP contribution >= 0.6 is 0 Å². The van der Waals surface area contributed by atoms with Gasteiger partial charge >= 0.3 is 5.97 Å². The summed E-state index contributed by atoms with van der Waals surface area (Å²) in [4.78, 5) is 13.0. The molecule has 2 atom stereocenters.